The first kappa shape index (κ1) is 14.1. The van der Waals surface area contributed by atoms with Gasteiger partial charge < -0.3 is 19.7 Å². The van der Waals surface area contributed by atoms with Crippen molar-refractivity contribution in [2.24, 2.45) is 0 Å². The summed E-state index contributed by atoms with van der Waals surface area (Å²) >= 11 is 0. The van der Waals surface area contributed by atoms with Gasteiger partial charge in [-0.1, -0.05) is 12.8 Å². The van der Waals surface area contributed by atoms with Crippen LogP contribution in [-0.4, -0.2) is 55.3 Å². The van der Waals surface area contributed by atoms with Crippen LogP contribution in [0.1, 0.15) is 32.6 Å². The highest BCUT2D eigenvalue weighted by atomic mass is 16.5. The summed E-state index contributed by atoms with van der Waals surface area (Å²) in [5, 5.41) is 2.63. The topological polar surface area (TPSA) is 67.9 Å². The second kappa shape index (κ2) is 6.75. The normalized spacial score (nSPS) is 26.5. The van der Waals surface area contributed by atoms with E-state index in [-0.39, 0.29) is 24.7 Å². The lowest BCUT2D eigenvalue weighted by Gasteiger charge is -2.43. The van der Waals surface area contributed by atoms with Crippen LogP contribution in [0.2, 0.25) is 0 Å². The maximum Gasteiger partial charge on any atom is 0.325 e. The molecule has 108 valence electrons. The molecule has 2 unspecified atom stereocenters. The molecule has 2 atom stereocenters. The van der Waals surface area contributed by atoms with Gasteiger partial charge in [-0.05, 0) is 19.8 Å². The van der Waals surface area contributed by atoms with Crippen molar-refractivity contribution < 1.29 is 19.1 Å². The Hall–Kier alpha value is -1.30. The smallest absolute Gasteiger partial charge is 0.325 e. The van der Waals surface area contributed by atoms with E-state index in [0.717, 1.165) is 19.3 Å². The van der Waals surface area contributed by atoms with Crippen LogP contribution in [0.3, 0.4) is 0 Å². The van der Waals surface area contributed by atoms with Gasteiger partial charge >= 0.3 is 12.0 Å². The average Bonchev–Trinajstić information content (AvgIpc) is 2.44. The Bertz CT molecular complexity index is 333. The second-order valence-corrected chi connectivity index (χ2v) is 4.92. The van der Waals surface area contributed by atoms with E-state index >= 15 is 0 Å². The van der Waals surface area contributed by atoms with Crippen LogP contribution in [0, 0.1) is 0 Å². The Kier molecular flexibility index (Phi) is 5.01. The summed E-state index contributed by atoms with van der Waals surface area (Å²) < 4.78 is 10.5. The lowest BCUT2D eigenvalue weighted by molar-refractivity contribution is -0.141. The minimum atomic E-state index is -0.399. The Labute approximate surface area is 113 Å². The van der Waals surface area contributed by atoms with E-state index in [4.69, 9.17) is 9.47 Å². The second-order valence-electron chi connectivity index (χ2n) is 4.92. The van der Waals surface area contributed by atoms with Crippen molar-refractivity contribution in [3.8, 4) is 0 Å². The van der Waals surface area contributed by atoms with Gasteiger partial charge in [-0.2, -0.15) is 0 Å². The van der Waals surface area contributed by atoms with Crippen molar-refractivity contribution in [1.82, 2.24) is 10.2 Å². The maximum absolute atomic E-state index is 12.1. The molecule has 0 spiro atoms. The molecule has 0 aromatic heterocycles. The van der Waals surface area contributed by atoms with Crippen molar-refractivity contribution in [2.45, 2.75) is 44.8 Å². The molecular formula is C13H22N2O4. The Morgan fingerprint density at radius 2 is 2.16 bits per heavy atom. The van der Waals surface area contributed by atoms with Crippen LogP contribution in [-0.2, 0) is 14.3 Å². The standard InChI is InChI=1S/C13H22N2O4/c1-2-18-12(16)9-14-13(17)15-7-8-19-11-6-4-3-5-10(11)15/h10-11H,2-9H2,1H3,(H,14,17). The van der Waals surface area contributed by atoms with Gasteiger partial charge in [0.15, 0.2) is 0 Å². The number of urea groups is 1. The number of nitrogens with one attached hydrogen (secondary N) is 1. The van der Waals surface area contributed by atoms with Crippen molar-refractivity contribution >= 4 is 12.0 Å². The first-order valence-electron chi connectivity index (χ1n) is 7.04. The lowest BCUT2D eigenvalue weighted by Crippen LogP contribution is -2.57. The molecule has 1 aliphatic heterocycles. The fourth-order valence-corrected chi connectivity index (χ4v) is 2.81. The first-order valence-corrected chi connectivity index (χ1v) is 7.04. The molecule has 1 heterocycles. The molecule has 1 aliphatic carbocycles. The third kappa shape index (κ3) is 3.59. The molecule has 0 aromatic carbocycles. The quantitative estimate of drug-likeness (QED) is 0.774. The molecular weight excluding hydrogens is 248 g/mol. The molecule has 2 fully saturated rings. The summed E-state index contributed by atoms with van der Waals surface area (Å²) in [5.41, 5.74) is 0. The number of amides is 2. The molecule has 1 saturated heterocycles. The lowest BCUT2D eigenvalue weighted by atomic mass is 9.90. The van der Waals surface area contributed by atoms with Crippen LogP contribution < -0.4 is 5.32 Å². The summed E-state index contributed by atoms with van der Waals surface area (Å²) in [7, 11) is 0. The molecule has 2 rings (SSSR count). The summed E-state index contributed by atoms with van der Waals surface area (Å²) in [6.07, 6.45) is 4.46. The third-order valence-electron chi connectivity index (χ3n) is 3.68. The highest BCUT2D eigenvalue weighted by molar-refractivity contribution is 5.81. The van der Waals surface area contributed by atoms with E-state index in [1.807, 2.05) is 4.90 Å². The number of carbonyl (C=O) groups excluding carboxylic acids is 2. The number of fused-ring (bicyclic) bond motifs is 1. The molecule has 6 nitrogen and oxygen atoms in total. The molecule has 2 aliphatic rings. The number of rotatable bonds is 3. The van der Waals surface area contributed by atoms with E-state index in [9.17, 15) is 9.59 Å². The SMILES string of the molecule is CCOC(=O)CNC(=O)N1CCOC2CCCCC21. The molecule has 1 saturated carbocycles. The Balaban J connectivity index is 1.85. The summed E-state index contributed by atoms with van der Waals surface area (Å²) in [5.74, 6) is -0.399. The van der Waals surface area contributed by atoms with Gasteiger partial charge in [0, 0.05) is 6.54 Å². The monoisotopic (exact) mass is 270 g/mol. The maximum atomic E-state index is 12.1. The summed E-state index contributed by atoms with van der Waals surface area (Å²) in [4.78, 5) is 25.2. The van der Waals surface area contributed by atoms with Gasteiger partial charge in [-0.15, -0.1) is 0 Å². The zero-order valence-electron chi connectivity index (χ0n) is 11.4. The highest BCUT2D eigenvalue weighted by Gasteiger charge is 2.36. The van der Waals surface area contributed by atoms with Crippen molar-refractivity contribution in [3.05, 3.63) is 0 Å². The Morgan fingerprint density at radius 3 is 2.95 bits per heavy atom. The van der Waals surface area contributed by atoms with E-state index in [2.05, 4.69) is 5.32 Å². The van der Waals surface area contributed by atoms with E-state index < -0.39 is 5.97 Å². The minimum absolute atomic E-state index is 0.0680. The minimum Gasteiger partial charge on any atom is -0.465 e. The van der Waals surface area contributed by atoms with Gasteiger partial charge in [0.2, 0.25) is 0 Å². The zero-order chi connectivity index (χ0) is 13.7. The number of morpholine rings is 1. The number of carbonyl (C=O) groups is 2. The van der Waals surface area contributed by atoms with Crippen molar-refractivity contribution in [2.75, 3.05) is 26.3 Å². The van der Waals surface area contributed by atoms with Gasteiger partial charge in [-0.3, -0.25) is 4.79 Å². The number of nitrogens with zero attached hydrogens (tertiary/aromatic N) is 1. The summed E-state index contributed by atoms with van der Waals surface area (Å²) in [6.45, 7) is 3.18. The number of hydrogen-bond acceptors (Lipinski definition) is 4. The van der Waals surface area contributed by atoms with Gasteiger partial charge in [0.25, 0.3) is 0 Å². The predicted octanol–water partition coefficient (Wildman–Crippen LogP) is 0.902. The fourth-order valence-electron chi connectivity index (χ4n) is 2.81. The van der Waals surface area contributed by atoms with E-state index in [0.29, 0.717) is 19.8 Å². The highest BCUT2D eigenvalue weighted by Crippen LogP contribution is 2.28. The molecule has 0 radical (unpaired) electrons. The van der Waals surface area contributed by atoms with Crippen molar-refractivity contribution in [1.29, 1.82) is 0 Å². The van der Waals surface area contributed by atoms with Gasteiger partial charge in [0.1, 0.15) is 6.54 Å². The number of hydrogen-bond donors (Lipinski definition) is 1. The molecule has 19 heavy (non-hydrogen) atoms. The predicted molar refractivity (Wildman–Crippen MR) is 68.7 cm³/mol. The average molecular weight is 270 g/mol. The number of ether oxygens (including phenoxy) is 2. The molecule has 2 amide bonds. The molecule has 0 aromatic rings. The van der Waals surface area contributed by atoms with Crippen LogP contribution in [0.4, 0.5) is 4.79 Å². The van der Waals surface area contributed by atoms with Crippen LogP contribution >= 0.6 is 0 Å². The number of esters is 1. The van der Waals surface area contributed by atoms with Gasteiger partial charge in [-0.25, -0.2) is 4.79 Å². The molecule has 6 heteroatoms. The van der Waals surface area contributed by atoms with E-state index in [1.165, 1.54) is 6.42 Å². The first-order chi connectivity index (χ1) is 9.22. The molecule has 1 N–H and O–H groups in total. The zero-order valence-corrected chi connectivity index (χ0v) is 11.4. The molecule has 0 bridgehead atoms. The van der Waals surface area contributed by atoms with E-state index in [1.54, 1.807) is 6.92 Å². The van der Waals surface area contributed by atoms with Gasteiger partial charge in [0.05, 0.1) is 25.4 Å². The van der Waals surface area contributed by atoms with Crippen molar-refractivity contribution in [3.63, 3.8) is 0 Å². The fraction of sp³-hybridized carbons (Fsp3) is 0.846. The summed E-state index contributed by atoms with van der Waals surface area (Å²) in [6, 6.07) is -0.0297. The third-order valence-corrected chi connectivity index (χ3v) is 3.68. The van der Waals surface area contributed by atoms with Crippen LogP contribution in [0.25, 0.3) is 0 Å². The van der Waals surface area contributed by atoms with Crippen LogP contribution in [0.15, 0.2) is 0 Å². The van der Waals surface area contributed by atoms with Crippen LogP contribution in [0.5, 0.6) is 0 Å². The largest absolute Gasteiger partial charge is 0.465 e. The Morgan fingerprint density at radius 1 is 1.37 bits per heavy atom.